The second-order valence-corrected chi connectivity index (χ2v) is 7.92. The molecule has 2 aliphatic rings. The molecular formula is C22H36N2O3. The monoisotopic (exact) mass is 376 g/mol. The lowest BCUT2D eigenvalue weighted by Crippen LogP contribution is -2.36. The molecule has 0 amide bonds. The van der Waals surface area contributed by atoms with Crippen LogP contribution in [0, 0.1) is 5.92 Å². The number of nitrogens with zero attached hydrogens (tertiary/aromatic N) is 2. The second-order valence-electron chi connectivity index (χ2n) is 7.92. The molecule has 152 valence electrons. The SMILES string of the molecule is COc1cc(CCCN2CCOCC2)ccc1OCCN1CCC(C)CC1. The molecule has 0 aliphatic carbocycles. The predicted octanol–water partition coefficient (Wildman–Crippen LogP) is 3.07. The standard InChI is InChI=1S/C22H36N2O3/c1-19-7-10-24(11-8-19)14-17-27-21-6-5-20(18-22(21)25-2)4-3-9-23-12-15-26-16-13-23/h5-6,18-19H,3-4,7-17H2,1-2H3. The molecule has 1 aromatic rings. The molecular weight excluding hydrogens is 340 g/mol. The number of methoxy groups -OCH3 is 1. The van der Waals surface area contributed by atoms with Gasteiger partial charge in [0.2, 0.25) is 0 Å². The van der Waals surface area contributed by atoms with E-state index in [1.165, 1.54) is 31.5 Å². The van der Waals surface area contributed by atoms with Crippen LogP contribution in [-0.2, 0) is 11.2 Å². The molecule has 5 nitrogen and oxygen atoms in total. The fraction of sp³-hybridized carbons (Fsp3) is 0.727. The summed E-state index contributed by atoms with van der Waals surface area (Å²) >= 11 is 0. The Morgan fingerprint density at radius 2 is 1.74 bits per heavy atom. The normalized spacial score (nSPS) is 19.9. The van der Waals surface area contributed by atoms with Gasteiger partial charge >= 0.3 is 0 Å². The number of morpholine rings is 1. The Balaban J connectivity index is 1.41. The number of benzene rings is 1. The van der Waals surface area contributed by atoms with Crippen molar-refractivity contribution < 1.29 is 14.2 Å². The smallest absolute Gasteiger partial charge is 0.161 e. The van der Waals surface area contributed by atoms with Gasteiger partial charge in [0, 0.05) is 19.6 Å². The van der Waals surface area contributed by atoms with Crippen LogP contribution >= 0.6 is 0 Å². The van der Waals surface area contributed by atoms with Crippen molar-refractivity contribution in [2.75, 3.05) is 66.2 Å². The van der Waals surface area contributed by atoms with Gasteiger partial charge in [-0.2, -0.15) is 0 Å². The molecule has 0 aromatic heterocycles. The summed E-state index contributed by atoms with van der Waals surface area (Å²) in [7, 11) is 1.73. The average molecular weight is 377 g/mol. The first-order valence-electron chi connectivity index (χ1n) is 10.6. The Hall–Kier alpha value is -1.30. The summed E-state index contributed by atoms with van der Waals surface area (Å²) in [5.41, 5.74) is 1.32. The van der Waals surface area contributed by atoms with Crippen molar-refractivity contribution in [3.8, 4) is 11.5 Å². The van der Waals surface area contributed by atoms with Gasteiger partial charge in [-0.25, -0.2) is 0 Å². The molecule has 0 bridgehead atoms. The highest BCUT2D eigenvalue weighted by Gasteiger charge is 2.15. The molecule has 2 aliphatic heterocycles. The van der Waals surface area contributed by atoms with Gasteiger partial charge in [-0.15, -0.1) is 0 Å². The molecule has 2 fully saturated rings. The number of ether oxygens (including phenoxy) is 3. The Bertz CT molecular complexity index is 552. The van der Waals surface area contributed by atoms with Crippen LogP contribution in [0.4, 0.5) is 0 Å². The summed E-state index contributed by atoms with van der Waals surface area (Å²) in [5.74, 6) is 2.59. The van der Waals surface area contributed by atoms with Gasteiger partial charge in [-0.3, -0.25) is 9.80 Å². The van der Waals surface area contributed by atoms with Crippen LogP contribution in [0.5, 0.6) is 11.5 Å². The molecule has 3 rings (SSSR count). The van der Waals surface area contributed by atoms with E-state index in [4.69, 9.17) is 14.2 Å². The molecule has 2 saturated heterocycles. The Kier molecular flexibility index (Phi) is 8.24. The minimum atomic E-state index is 0.723. The molecule has 5 heteroatoms. The number of likely N-dealkylation sites (tertiary alicyclic amines) is 1. The highest BCUT2D eigenvalue weighted by Crippen LogP contribution is 2.28. The van der Waals surface area contributed by atoms with E-state index in [0.29, 0.717) is 0 Å². The molecule has 2 heterocycles. The maximum Gasteiger partial charge on any atom is 0.161 e. The third-order valence-electron chi connectivity index (χ3n) is 5.81. The van der Waals surface area contributed by atoms with Crippen molar-refractivity contribution >= 4 is 0 Å². The highest BCUT2D eigenvalue weighted by molar-refractivity contribution is 5.43. The summed E-state index contributed by atoms with van der Waals surface area (Å²) in [6, 6.07) is 6.39. The van der Waals surface area contributed by atoms with Crippen molar-refractivity contribution in [2.24, 2.45) is 5.92 Å². The quantitative estimate of drug-likeness (QED) is 0.662. The molecule has 0 atom stereocenters. The molecule has 0 unspecified atom stereocenters. The fourth-order valence-electron chi connectivity index (χ4n) is 3.89. The Morgan fingerprint density at radius 3 is 2.48 bits per heavy atom. The van der Waals surface area contributed by atoms with Crippen molar-refractivity contribution in [3.63, 3.8) is 0 Å². The van der Waals surface area contributed by atoms with Crippen molar-refractivity contribution in [1.29, 1.82) is 0 Å². The first kappa shape index (κ1) is 20.4. The first-order chi connectivity index (χ1) is 13.2. The number of rotatable bonds is 9. The Morgan fingerprint density at radius 1 is 1.00 bits per heavy atom. The molecule has 0 saturated carbocycles. The van der Waals surface area contributed by atoms with Crippen LogP contribution in [0.1, 0.15) is 31.7 Å². The van der Waals surface area contributed by atoms with E-state index < -0.39 is 0 Å². The van der Waals surface area contributed by atoms with Gasteiger partial charge < -0.3 is 14.2 Å². The van der Waals surface area contributed by atoms with E-state index in [1.807, 2.05) is 0 Å². The van der Waals surface area contributed by atoms with Gasteiger partial charge in [0.15, 0.2) is 11.5 Å². The topological polar surface area (TPSA) is 34.2 Å². The van der Waals surface area contributed by atoms with Gasteiger partial charge in [0.25, 0.3) is 0 Å². The molecule has 1 aromatic carbocycles. The number of hydrogen-bond donors (Lipinski definition) is 0. The van der Waals surface area contributed by atoms with Crippen molar-refractivity contribution in [2.45, 2.75) is 32.6 Å². The van der Waals surface area contributed by atoms with Crippen LogP contribution in [0.15, 0.2) is 18.2 Å². The van der Waals surface area contributed by atoms with Gasteiger partial charge in [-0.05, 0) is 68.9 Å². The third-order valence-corrected chi connectivity index (χ3v) is 5.81. The van der Waals surface area contributed by atoms with Crippen molar-refractivity contribution in [1.82, 2.24) is 9.80 Å². The maximum absolute atomic E-state index is 6.02. The van der Waals surface area contributed by atoms with Crippen LogP contribution < -0.4 is 9.47 Å². The van der Waals surface area contributed by atoms with Crippen LogP contribution in [0.3, 0.4) is 0 Å². The van der Waals surface area contributed by atoms with E-state index >= 15 is 0 Å². The van der Waals surface area contributed by atoms with Gasteiger partial charge in [0.1, 0.15) is 6.61 Å². The van der Waals surface area contributed by atoms with Gasteiger partial charge in [0.05, 0.1) is 20.3 Å². The zero-order valence-corrected chi connectivity index (χ0v) is 17.1. The number of hydrogen-bond acceptors (Lipinski definition) is 5. The maximum atomic E-state index is 6.02. The van der Waals surface area contributed by atoms with E-state index in [2.05, 4.69) is 34.9 Å². The minimum absolute atomic E-state index is 0.723. The fourth-order valence-corrected chi connectivity index (χ4v) is 3.89. The molecule has 27 heavy (non-hydrogen) atoms. The largest absolute Gasteiger partial charge is 0.493 e. The van der Waals surface area contributed by atoms with E-state index in [9.17, 15) is 0 Å². The minimum Gasteiger partial charge on any atom is -0.493 e. The zero-order valence-electron chi connectivity index (χ0n) is 17.1. The lowest BCUT2D eigenvalue weighted by Gasteiger charge is -2.30. The summed E-state index contributed by atoms with van der Waals surface area (Å²) in [4.78, 5) is 4.99. The van der Waals surface area contributed by atoms with Crippen molar-refractivity contribution in [3.05, 3.63) is 23.8 Å². The Labute approximate surface area is 164 Å². The van der Waals surface area contributed by atoms with E-state index in [0.717, 1.165) is 76.3 Å². The number of piperidine rings is 1. The highest BCUT2D eigenvalue weighted by atomic mass is 16.5. The molecule has 0 N–H and O–H groups in total. The average Bonchev–Trinajstić information content (AvgIpc) is 2.71. The molecule has 0 spiro atoms. The summed E-state index contributed by atoms with van der Waals surface area (Å²) < 4.78 is 17.0. The van der Waals surface area contributed by atoms with Crippen LogP contribution in [-0.4, -0.2) is 76.0 Å². The lowest BCUT2D eigenvalue weighted by atomic mass is 9.99. The number of aryl methyl sites for hydroxylation is 1. The lowest BCUT2D eigenvalue weighted by molar-refractivity contribution is 0.0374. The van der Waals surface area contributed by atoms with E-state index in [1.54, 1.807) is 7.11 Å². The first-order valence-corrected chi connectivity index (χ1v) is 10.6. The zero-order chi connectivity index (χ0) is 18.9. The molecule has 0 radical (unpaired) electrons. The third kappa shape index (κ3) is 6.66. The van der Waals surface area contributed by atoms with Gasteiger partial charge in [-0.1, -0.05) is 13.0 Å². The second kappa shape index (κ2) is 10.9. The van der Waals surface area contributed by atoms with E-state index in [-0.39, 0.29) is 0 Å². The predicted molar refractivity (Wildman–Crippen MR) is 109 cm³/mol. The van der Waals surface area contributed by atoms with Crippen LogP contribution in [0.25, 0.3) is 0 Å². The van der Waals surface area contributed by atoms with Crippen LogP contribution in [0.2, 0.25) is 0 Å². The summed E-state index contributed by atoms with van der Waals surface area (Å²) in [6.45, 7) is 11.5. The summed E-state index contributed by atoms with van der Waals surface area (Å²) in [6.07, 6.45) is 4.85. The summed E-state index contributed by atoms with van der Waals surface area (Å²) in [5, 5.41) is 0.